The highest BCUT2D eigenvalue weighted by molar-refractivity contribution is 5.81. The molecule has 0 aromatic carbocycles. The summed E-state index contributed by atoms with van der Waals surface area (Å²) in [4.78, 5) is 4.66. The van der Waals surface area contributed by atoms with Crippen LogP contribution in [0.2, 0.25) is 0 Å². The molecule has 2 fully saturated rings. The summed E-state index contributed by atoms with van der Waals surface area (Å²) in [7, 11) is 4.33. The van der Waals surface area contributed by atoms with Crippen molar-refractivity contribution in [1.82, 2.24) is 9.80 Å². The van der Waals surface area contributed by atoms with Gasteiger partial charge in [0.1, 0.15) is 0 Å². The number of nitrogens with zero attached hydrogens (tertiary/aromatic N) is 2. The summed E-state index contributed by atoms with van der Waals surface area (Å²) in [5, 5.41) is 8.40. The van der Waals surface area contributed by atoms with Crippen molar-refractivity contribution in [2.45, 2.75) is 44.9 Å². The molecule has 1 aliphatic heterocycles. The first-order valence-corrected chi connectivity index (χ1v) is 7.65. The van der Waals surface area contributed by atoms with Crippen LogP contribution in [0.15, 0.2) is 0 Å². The van der Waals surface area contributed by atoms with Gasteiger partial charge in [-0.15, -0.1) is 0 Å². The lowest BCUT2D eigenvalue weighted by atomic mass is 9.87. The van der Waals surface area contributed by atoms with Crippen molar-refractivity contribution in [2.24, 2.45) is 11.8 Å². The van der Waals surface area contributed by atoms with E-state index in [9.17, 15) is 0 Å². The summed E-state index contributed by atoms with van der Waals surface area (Å²) in [5.41, 5.74) is 0. The smallest absolute Gasteiger partial charge is 0.0989 e. The van der Waals surface area contributed by atoms with Crippen molar-refractivity contribution in [3.8, 4) is 0 Å². The van der Waals surface area contributed by atoms with Crippen LogP contribution in [-0.4, -0.2) is 49.4 Å². The molecule has 1 heterocycles. The maximum Gasteiger partial charge on any atom is 0.0989 e. The first-order chi connectivity index (χ1) is 8.66. The van der Waals surface area contributed by atoms with Crippen molar-refractivity contribution < 1.29 is 0 Å². The van der Waals surface area contributed by atoms with Gasteiger partial charge >= 0.3 is 0 Å². The summed E-state index contributed by atoms with van der Waals surface area (Å²) in [6.45, 7) is 3.45. The number of amidine groups is 1. The zero-order chi connectivity index (χ0) is 13.0. The van der Waals surface area contributed by atoms with Gasteiger partial charge in [0.2, 0.25) is 0 Å². The van der Waals surface area contributed by atoms with E-state index in [-0.39, 0.29) is 0 Å². The predicted octanol–water partition coefficient (Wildman–Crippen LogP) is 2.82. The lowest BCUT2D eigenvalue weighted by Gasteiger charge is -2.37. The Kier molecular flexibility index (Phi) is 5.04. The quantitative estimate of drug-likeness (QED) is 0.617. The van der Waals surface area contributed by atoms with Gasteiger partial charge in [0.05, 0.1) is 5.84 Å². The minimum absolute atomic E-state index is 0.573. The zero-order valence-electron chi connectivity index (χ0n) is 12.1. The summed E-state index contributed by atoms with van der Waals surface area (Å²) in [6, 6.07) is 0. The van der Waals surface area contributed by atoms with Crippen LogP contribution in [0.5, 0.6) is 0 Å². The highest BCUT2D eigenvalue weighted by Crippen LogP contribution is 2.27. The second-order valence-electron chi connectivity index (χ2n) is 6.41. The third-order valence-electron chi connectivity index (χ3n) is 4.57. The fraction of sp³-hybridized carbons (Fsp3) is 0.933. The van der Waals surface area contributed by atoms with Crippen LogP contribution < -0.4 is 0 Å². The van der Waals surface area contributed by atoms with Crippen molar-refractivity contribution in [1.29, 1.82) is 5.41 Å². The van der Waals surface area contributed by atoms with Gasteiger partial charge in [-0.05, 0) is 45.7 Å². The van der Waals surface area contributed by atoms with Gasteiger partial charge < -0.3 is 9.80 Å². The minimum Gasteiger partial charge on any atom is -0.360 e. The SMILES string of the molecule is CN(C)CC1CCN(C(=N)C2CCCCC2)CC1. The van der Waals surface area contributed by atoms with Gasteiger partial charge in [0.25, 0.3) is 0 Å². The van der Waals surface area contributed by atoms with Crippen LogP contribution in [0.4, 0.5) is 0 Å². The molecule has 0 unspecified atom stereocenters. The van der Waals surface area contributed by atoms with E-state index in [4.69, 9.17) is 5.41 Å². The average Bonchev–Trinajstić information content (AvgIpc) is 2.39. The molecule has 1 N–H and O–H groups in total. The maximum absolute atomic E-state index is 8.40. The molecule has 0 bridgehead atoms. The Morgan fingerprint density at radius 1 is 1.06 bits per heavy atom. The standard InChI is InChI=1S/C15H29N3/c1-17(2)12-13-8-10-18(11-9-13)15(16)14-6-4-3-5-7-14/h13-14,16H,3-12H2,1-2H3. The monoisotopic (exact) mass is 251 g/mol. The molecule has 0 aromatic rings. The van der Waals surface area contributed by atoms with E-state index in [1.807, 2.05) is 0 Å². The summed E-state index contributed by atoms with van der Waals surface area (Å²) in [5.74, 6) is 2.37. The summed E-state index contributed by atoms with van der Waals surface area (Å²) in [6.07, 6.45) is 9.12. The molecule has 0 amide bonds. The second-order valence-corrected chi connectivity index (χ2v) is 6.41. The van der Waals surface area contributed by atoms with Crippen molar-refractivity contribution in [2.75, 3.05) is 33.7 Å². The van der Waals surface area contributed by atoms with E-state index in [0.717, 1.165) is 24.8 Å². The van der Waals surface area contributed by atoms with Crippen molar-refractivity contribution >= 4 is 5.84 Å². The molecule has 0 aromatic heterocycles. The van der Waals surface area contributed by atoms with Gasteiger partial charge in [-0.3, -0.25) is 5.41 Å². The first-order valence-electron chi connectivity index (χ1n) is 7.65. The fourth-order valence-electron chi connectivity index (χ4n) is 3.51. The molecule has 3 nitrogen and oxygen atoms in total. The van der Waals surface area contributed by atoms with E-state index in [0.29, 0.717) is 5.92 Å². The fourth-order valence-corrected chi connectivity index (χ4v) is 3.51. The molecule has 0 atom stereocenters. The van der Waals surface area contributed by atoms with Gasteiger partial charge in [0, 0.05) is 25.6 Å². The summed E-state index contributed by atoms with van der Waals surface area (Å²) >= 11 is 0. The van der Waals surface area contributed by atoms with Crippen LogP contribution in [0.25, 0.3) is 0 Å². The summed E-state index contributed by atoms with van der Waals surface area (Å²) < 4.78 is 0. The molecule has 18 heavy (non-hydrogen) atoms. The van der Waals surface area contributed by atoms with Gasteiger partial charge in [-0.1, -0.05) is 19.3 Å². The number of hydrogen-bond acceptors (Lipinski definition) is 2. The van der Waals surface area contributed by atoms with E-state index in [1.165, 1.54) is 51.5 Å². The van der Waals surface area contributed by atoms with Crippen molar-refractivity contribution in [3.63, 3.8) is 0 Å². The molecular formula is C15H29N3. The number of piperidine rings is 1. The van der Waals surface area contributed by atoms with Crippen LogP contribution in [0.3, 0.4) is 0 Å². The molecule has 0 spiro atoms. The lowest BCUT2D eigenvalue weighted by molar-refractivity contribution is 0.210. The number of rotatable bonds is 3. The van der Waals surface area contributed by atoms with E-state index in [1.54, 1.807) is 0 Å². The second kappa shape index (κ2) is 6.55. The van der Waals surface area contributed by atoms with Crippen LogP contribution in [0, 0.1) is 17.2 Å². The molecule has 104 valence electrons. The van der Waals surface area contributed by atoms with Crippen LogP contribution >= 0.6 is 0 Å². The Hall–Kier alpha value is -0.570. The predicted molar refractivity (Wildman–Crippen MR) is 77.2 cm³/mol. The number of hydrogen-bond donors (Lipinski definition) is 1. The third-order valence-corrected chi connectivity index (χ3v) is 4.57. The molecule has 2 rings (SSSR count). The Morgan fingerprint density at radius 2 is 1.67 bits per heavy atom. The molecule has 1 aliphatic carbocycles. The Balaban J connectivity index is 1.76. The normalized spacial score (nSPS) is 23.6. The largest absolute Gasteiger partial charge is 0.360 e. The average molecular weight is 251 g/mol. The third kappa shape index (κ3) is 3.71. The Bertz CT molecular complexity index is 261. The molecule has 0 radical (unpaired) electrons. The topological polar surface area (TPSA) is 30.3 Å². The van der Waals surface area contributed by atoms with Gasteiger partial charge in [-0.25, -0.2) is 0 Å². The molecular weight excluding hydrogens is 222 g/mol. The number of likely N-dealkylation sites (tertiary alicyclic amines) is 1. The Labute approximate surface area is 112 Å². The number of nitrogens with one attached hydrogen (secondary N) is 1. The van der Waals surface area contributed by atoms with E-state index < -0.39 is 0 Å². The minimum atomic E-state index is 0.573. The van der Waals surface area contributed by atoms with Gasteiger partial charge in [0.15, 0.2) is 0 Å². The highest BCUT2D eigenvalue weighted by atomic mass is 15.2. The zero-order valence-corrected chi connectivity index (χ0v) is 12.1. The molecule has 3 heteroatoms. The van der Waals surface area contributed by atoms with E-state index >= 15 is 0 Å². The first kappa shape index (κ1) is 13.9. The molecule has 1 saturated carbocycles. The highest BCUT2D eigenvalue weighted by Gasteiger charge is 2.26. The lowest BCUT2D eigenvalue weighted by Crippen LogP contribution is -2.43. The van der Waals surface area contributed by atoms with Crippen LogP contribution in [0.1, 0.15) is 44.9 Å². The Morgan fingerprint density at radius 3 is 2.22 bits per heavy atom. The van der Waals surface area contributed by atoms with E-state index in [2.05, 4.69) is 23.9 Å². The van der Waals surface area contributed by atoms with Crippen molar-refractivity contribution in [3.05, 3.63) is 0 Å². The molecule has 1 saturated heterocycles. The maximum atomic E-state index is 8.40. The molecule has 2 aliphatic rings. The van der Waals surface area contributed by atoms with Gasteiger partial charge in [-0.2, -0.15) is 0 Å². The van der Waals surface area contributed by atoms with Crippen LogP contribution in [-0.2, 0) is 0 Å².